The summed E-state index contributed by atoms with van der Waals surface area (Å²) in [6, 6.07) is -0.854. The Morgan fingerprint density at radius 2 is 0.853 bits per heavy atom. The standard InChI is InChI=1S/C62H121NO11S/c1-3-5-7-9-11-13-15-16-17-18-19-20-21-22-23-24-25-26-27-28-29-30-31-32-33-34-35-36-37-38-39-40-42-44-46-48-50-52-58(66)63-55(56(65)51-49-47-45-43-41-14-12-10-8-6-4-2)54-72-62-60(68)61(74-75(69,70)71)59(67)57(53-64)73-62/h26-27,55-57,59-62,64-65,67-68H,3-25,28-54H2,1-2H3,(H,63,66)(H,69,70,71)/b27-26-. The molecule has 1 amide bonds. The van der Waals surface area contributed by atoms with Gasteiger partial charge in [0.2, 0.25) is 5.91 Å². The maximum Gasteiger partial charge on any atom is 0.397 e. The van der Waals surface area contributed by atoms with Crippen LogP contribution in [-0.2, 0) is 28.9 Å². The number of carbonyl (C=O) groups excluding carboxylic acids is 1. The molecular formula is C62H121NO11S. The fraction of sp³-hybridized carbons (Fsp3) is 0.952. The Labute approximate surface area is 461 Å². The Bertz CT molecular complexity index is 1370. The molecule has 0 radical (unpaired) electrons. The fourth-order valence-electron chi connectivity index (χ4n) is 10.6. The smallest absolute Gasteiger partial charge is 0.394 e. The quantitative estimate of drug-likeness (QED) is 0.0193. The molecule has 12 nitrogen and oxygen atoms in total. The van der Waals surface area contributed by atoms with E-state index in [2.05, 4.69) is 35.5 Å². The number of aliphatic hydroxyl groups is 4. The second-order valence-electron chi connectivity index (χ2n) is 22.7. The highest BCUT2D eigenvalue weighted by atomic mass is 32.3. The van der Waals surface area contributed by atoms with Crippen molar-refractivity contribution in [3.8, 4) is 0 Å². The predicted octanol–water partition coefficient (Wildman–Crippen LogP) is 15.8. The number of amides is 1. The lowest BCUT2D eigenvalue weighted by Crippen LogP contribution is -2.61. The first-order valence-electron chi connectivity index (χ1n) is 32.1. The van der Waals surface area contributed by atoms with Gasteiger partial charge in [0.25, 0.3) is 0 Å². The van der Waals surface area contributed by atoms with E-state index in [9.17, 15) is 38.2 Å². The predicted molar refractivity (Wildman–Crippen MR) is 310 cm³/mol. The van der Waals surface area contributed by atoms with Crippen LogP contribution >= 0.6 is 0 Å². The zero-order chi connectivity index (χ0) is 54.7. The number of hydrogen-bond acceptors (Lipinski definition) is 10. The number of nitrogens with one attached hydrogen (secondary N) is 1. The van der Waals surface area contributed by atoms with Crippen molar-refractivity contribution < 1.29 is 51.8 Å². The molecule has 13 heteroatoms. The molecule has 7 atom stereocenters. The molecule has 0 aromatic rings. The van der Waals surface area contributed by atoms with Gasteiger partial charge in [-0.05, 0) is 38.5 Å². The minimum Gasteiger partial charge on any atom is -0.394 e. The fourth-order valence-corrected chi connectivity index (χ4v) is 11.1. The van der Waals surface area contributed by atoms with E-state index >= 15 is 0 Å². The summed E-state index contributed by atoms with van der Waals surface area (Å²) < 4.78 is 47.8. The highest BCUT2D eigenvalue weighted by Gasteiger charge is 2.48. The van der Waals surface area contributed by atoms with Crippen molar-refractivity contribution in [2.24, 2.45) is 0 Å². The number of allylic oxidation sites excluding steroid dienone is 2. The van der Waals surface area contributed by atoms with Crippen LogP contribution in [0.25, 0.3) is 0 Å². The van der Waals surface area contributed by atoms with Crippen molar-refractivity contribution in [1.29, 1.82) is 0 Å². The molecule has 1 rings (SSSR count). The first kappa shape index (κ1) is 71.9. The Morgan fingerprint density at radius 1 is 0.520 bits per heavy atom. The number of carbonyl (C=O) groups is 1. The Hall–Kier alpha value is -1.16. The average molecular weight is 1090 g/mol. The van der Waals surface area contributed by atoms with Gasteiger partial charge in [0.05, 0.1) is 25.4 Å². The highest BCUT2D eigenvalue weighted by molar-refractivity contribution is 7.80. The van der Waals surface area contributed by atoms with E-state index in [4.69, 9.17) is 9.47 Å². The van der Waals surface area contributed by atoms with E-state index in [0.717, 1.165) is 51.4 Å². The van der Waals surface area contributed by atoms with E-state index in [1.807, 2.05) is 0 Å². The summed E-state index contributed by atoms with van der Waals surface area (Å²) in [6.07, 6.45) is 55.6. The lowest BCUT2D eigenvalue weighted by atomic mass is 9.99. The van der Waals surface area contributed by atoms with Crippen molar-refractivity contribution >= 4 is 16.3 Å². The van der Waals surface area contributed by atoms with E-state index in [-0.39, 0.29) is 12.5 Å². The van der Waals surface area contributed by atoms with Gasteiger partial charge in [-0.15, -0.1) is 0 Å². The highest BCUT2D eigenvalue weighted by Crippen LogP contribution is 2.26. The van der Waals surface area contributed by atoms with E-state index < -0.39 is 59.9 Å². The summed E-state index contributed by atoms with van der Waals surface area (Å²) in [5.41, 5.74) is 0. The van der Waals surface area contributed by atoms with Crippen LogP contribution in [0, 0.1) is 0 Å². The minimum absolute atomic E-state index is 0.225. The Morgan fingerprint density at radius 3 is 1.20 bits per heavy atom. The Kier molecular flexibility index (Phi) is 50.0. The molecule has 1 heterocycles. The average Bonchev–Trinajstić information content (AvgIpc) is 3.39. The largest absolute Gasteiger partial charge is 0.397 e. The Balaban J connectivity index is 2.12. The number of rotatable bonds is 57. The minimum atomic E-state index is -5.08. The monoisotopic (exact) mass is 1090 g/mol. The van der Waals surface area contributed by atoms with Crippen LogP contribution in [0.2, 0.25) is 0 Å². The van der Waals surface area contributed by atoms with Gasteiger partial charge < -0.3 is 35.2 Å². The van der Waals surface area contributed by atoms with Crippen LogP contribution in [0.4, 0.5) is 0 Å². The normalized spacial score (nSPS) is 19.1. The van der Waals surface area contributed by atoms with Gasteiger partial charge in [-0.1, -0.05) is 289 Å². The first-order chi connectivity index (χ1) is 36.5. The molecule has 0 aromatic carbocycles. The molecule has 0 aromatic heterocycles. The molecular weight excluding hydrogens is 967 g/mol. The van der Waals surface area contributed by atoms with Crippen molar-refractivity contribution in [3.05, 3.63) is 12.2 Å². The summed E-state index contributed by atoms with van der Waals surface area (Å²) in [5, 5.41) is 45.0. The van der Waals surface area contributed by atoms with Crippen molar-refractivity contribution in [3.63, 3.8) is 0 Å². The van der Waals surface area contributed by atoms with Gasteiger partial charge in [0, 0.05) is 6.42 Å². The van der Waals surface area contributed by atoms with E-state index in [1.165, 1.54) is 244 Å². The SMILES string of the molecule is CCCCCCCCCCCCCCCCCC/C=C\CCCCCCCCCCCCCCCCCCCC(=O)NC(COC1OC(CO)C(O)C(OS(=O)(=O)O)C1O)C(O)CCCCCCCCCCCCC. The molecule has 446 valence electrons. The molecule has 0 aliphatic carbocycles. The molecule has 1 aliphatic rings. The second-order valence-corrected chi connectivity index (χ2v) is 23.8. The summed E-state index contributed by atoms with van der Waals surface area (Å²) in [6.45, 7) is 3.48. The molecule has 1 aliphatic heterocycles. The molecule has 6 N–H and O–H groups in total. The zero-order valence-corrected chi connectivity index (χ0v) is 49.5. The third kappa shape index (κ3) is 44.3. The molecule has 1 saturated heterocycles. The van der Waals surface area contributed by atoms with E-state index in [1.54, 1.807) is 0 Å². The molecule has 7 unspecified atom stereocenters. The van der Waals surface area contributed by atoms with Gasteiger partial charge in [-0.25, -0.2) is 4.18 Å². The summed E-state index contributed by atoms with van der Waals surface area (Å²) in [5.74, 6) is -0.225. The first-order valence-corrected chi connectivity index (χ1v) is 33.4. The van der Waals surface area contributed by atoms with Gasteiger partial charge in [-0.2, -0.15) is 8.42 Å². The molecule has 1 fully saturated rings. The second kappa shape index (κ2) is 52.2. The summed E-state index contributed by atoms with van der Waals surface area (Å²) >= 11 is 0. The maximum absolute atomic E-state index is 13.1. The third-order valence-electron chi connectivity index (χ3n) is 15.6. The van der Waals surface area contributed by atoms with Crippen molar-refractivity contribution in [2.45, 2.75) is 365 Å². The van der Waals surface area contributed by atoms with Gasteiger partial charge >= 0.3 is 10.4 Å². The molecule has 75 heavy (non-hydrogen) atoms. The third-order valence-corrected chi connectivity index (χ3v) is 16.0. The molecule has 0 bridgehead atoms. The maximum atomic E-state index is 13.1. The summed E-state index contributed by atoms with van der Waals surface area (Å²) in [7, 11) is -5.08. The number of hydrogen-bond donors (Lipinski definition) is 6. The zero-order valence-electron chi connectivity index (χ0n) is 48.6. The topological polar surface area (TPSA) is 192 Å². The van der Waals surface area contributed by atoms with Crippen LogP contribution in [0.1, 0.15) is 322 Å². The molecule has 0 spiro atoms. The number of unbranched alkanes of at least 4 members (excludes halogenated alkanes) is 43. The summed E-state index contributed by atoms with van der Waals surface area (Å²) in [4.78, 5) is 13.1. The van der Waals surface area contributed by atoms with Crippen LogP contribution in [0.15, 0.2) is 12.2 Å². The van der Waals surface area contributed by atoms with Crippen molar-refractivity contribution in [1.82, 2.24) is 5.32 Å². The number of aliphatic hydroxyl groups excluding tert-OH is 4. The number of ether oxygens (including phenoxy) is 2. The van der Waals surface area contributed by atoms with Gasteiger partial charge in [0.15, 0.2) is 6.29 Å². The van der Waals surface area contributed by atoms with E-state index in [0.29, 0.717) is 12.8 Å². The van der Waals surface area contributed by atoms with Gasteiger partial charge in [0.1, 0.15) is 24.4 Å². The van der Waals surface area contributed by atoms with Gasteiger partial charge in [-0.3, -0.25) is 9.35 Å². The van der Waals surface area contributed by atoms with Crippen LogP contribution in [0.3, 0.4) is 0 Å². The molecule has 0 saturated carbocycles. The van der Waals surface area contributed by atoms with Crippen molar-refractivity contribution in [2.75, 3.05) is 13.2 Å². The van der Waals surface area contributed by atoms with Crippen LogP contribution < -0.4 is 5.32 Å². The lowest BCUT2D eigenvalue weighted by Gasteiger charge is -2.41. The van der Waals surface area contributed by atoms with Crippen LogP contribution in [-0.4, -0.2) is 95.4 Å². The van der Waals surface area contributed by atoms with Crippen LogP contribution in [0.5, 0.6) is 0 Å². The lowest BCUT2D eigenvalue weighted by molar-refractivity contribution is -0.298.